The summed E-state index contributed by atoms with van der Waals surface area (Å²) in [6.07, 6.45) is 3.27. The van der Waals surface area contributed by atoms with Crippen molar-refractivity contribution in [2.24, 2.45) is 0 Å². The first-order valence-corrected chi connectivity index (χ1v) is 6.85. The van der Waals surface area contributed by atoms with Gasteiger partial charge in [0.1, 0.15) is 11.9 Å². The lowest BCUT2D eigenvalue weighted by Crippen LogP contribution is -2.38. The van der Waals surface area contributed by atoms with Crippen molar-refractivity contribution in [2.75, 3.05) is 11.9 Å². The average molecular weight is 266 g/mol. The molecule has 0 saturated heterocycles. The van der Waals surface area contributed by atoms with Crippen molar-refractivity contribution < 1.29 is 9.18 Å². The minimum atomic E-state index is -0.327. The van der Waals surface area contributed by atoms with Crippen molar-refractivity contribution in [3.8, 4) is 0 Å². The maximum Gasteiger partial charge on any atom is 0.242 e. The number of hydrogen-bond acceptors (Lipinski definition) is 2. The minimum Gasteiger partial charge on any atom is -0.374 e. The standard InChI is InChI=1S/C15H23FN2O/c1-4-5-6-9-17-15(19)12(3)18-13-7-8-14(16)11(2)10-13/h7-8,10,12,18H,4-6,9H2,1-3H3,(H,17,19). The van der Waals surface area contributed by atoms with Crippen LogP contribution in [0, 0.1) is 12.7 Å². The van der Waals surface area contributed by atoms with Crippen LogP contribution in [0.4, 0.5) is 10.1 Å². The fraction of sp³-hybridized carbons (Fsp3) is 0.533. The quantitative estimate of drug-likeness (QED) is 0.744. The molecule has 0 aromatic heterocycles. The number of carbonyl (C=O) groups is 1. The Morgan fingerprint density at radius 2 is 2.11 bits per heavy atom. The molecule has 1 amide bonds. The van der Waals surface area contributed by atoms with Crippen molar-refractivity contribution in [1.82, 2.24) is 5.32 Å². The number of amides is 1. The van der Waals surface area contributed by atoms with Crippen LogP contribution in [0.2, 0.25) is 0 Å². The van der Waals surface area contributed by atoms with E-state index in [1.54, 1.807) is 26.0 Å². The van der Waals surface area contributed by atoms with E-state index in [2.05, 4.69) is 17.6 Å². The number of benzene rings is 1. The van der Waals surface area contributed by atoms with Crippen molar-refractivity contribution in [1.29, 1.82) is 0 Å². The molecule has 1 unspecified atom stereocenters. The Hall–Kier alpha value is -1.58. The second-order valence-corrected chi connectivity index (χ2v) is 4.83. The Labute approximate surface area is 114 Å². The third-order valence-electron chi connectivity index (χ3n) is 3.01. The monoisotopic (exact) mass is 266 g/mol. The molecule has 0 radical (unpaired) electrons. The summed E-state index contributed by atoms with van der Waals surface area (Å²) in [6.45, 7) is 6.34. The number of anilines is 1. The molecule has 1 aromatic carbocycles. The Kier molecular flexibility index (Phi) is 6.33. The highest BCUT2D eigenvalue weighted by Crippen LogP contribution is 2.14. The third kappa shape index (κ3) is 5.28. The highest BCUT2D eigenvalue weighted by molar-refractivity contribution is 5.84. The Morgan fingerprint density at radius 1 is 1.37 bits per heavy atom. The van der Waals surface area contributed by atoms with Gasteiger partial charge in [-0.1, -0.05) is 19.8 Å². The van der Waals surface area contributed by atoms with Gasteiger partial charge in [0.2, 0.25) is 5.91 Å². The van der Waals surface area contributed by atoms with Gasteiger partial charge in [-0.05, 0) is 44.0 Å². The molecule has 4 heteroatoms. The van der Waals surface area contributed by atoms with E-state index in [9.17, 15) is 9.18 Å². The predicted octanol–water partition coefficient (Wildman–Crippen LogP) is 3.24. The molecule has 1 atom stereocenters. The lowest BCUT2D eigenvalue weighted by atomic mass is 10.2. The maximum atomic E-state index is 13.1. The van der Waals surface area contributed by atoms with E-state index in [4.69, 9.17) is 0 Å². The number of carbonyl (C=O) groups excluding carboxylic acids is 1. The minimum absolute atomic E-state index is 0.0296. The summed E-state index contributed by atoms with van der Waals surface area (Å²) >= 11 is 0. The normalized spacial score (nSPS) is 12.0. The molecule has 2 N–H and O–H groups in total. The van der Waals surface area contributed by atoms with E-state index in [1.165, 1.54) is 6.07 Å². The average Bonchev–Trinajstić information content (AvgIpc) is 2.38. The topological polar surface area (TPSA) is 41.1 Å². The third-order valence-corrected chi connectivity index (χ3v) is 3.01. The summed E-state index contributed by atoms with van der Waals surface area (Å²) in [7, 11) is 0. The molecule has 1 aromatic rings. The van der Waals surface area contributed by atoms with Gasteiger partial charge < -0.3 is 10.6 Å². The van der Waals surface area contributed by atoms with Gasteiger partial charge in [-0.25, -0.2) is 4.39 Å². The second-order valence-electron chi connectivity index (χ2n) is 4.83. The second kappa shape index (κ2) is 7.77. The molecular formula is C15H23FN2O. The van der Waals surface area contributed by atoms with Gasteiger partial charge in [0.15, 0.2) is 0 Å². The van der Waals surface area contributed by atoms with Crippen LogP contribution >= 0.6 is 0 Å². The van der Waals surface area contributed by atoms with Crippen LogP contribution in [-0.2, 0) is 4.79 Å². The van der Waals surface area contributed by atoms with Crippen molar-refractivity contribution >= 4 is 11.6 Å². The maximum absolute atomic E-state index is 13.1. The molecule has 19 heavy (non-hydrogen) atoms. The summed E-state index contributed by atoms with van der Waals surface area (Å²) in [5.74, 6) is -0.264. The Bertz CT molecular complexity index is 421. The van der Waals surface area contributed by atoms with Crippen LogP contribution in [0.3, 0.4) is 0 Å². The van der Waals surface area contributed by atoms with Gasteiger partial charge in [0.25, 0.3) is 0 Å². The zero-order chi connectivity index (χ0) is 14.3. The fourth-order valence-electron chi connectivity index (χ4n) is 1.79. The van der Waals surface area contributed by atoms with Crippen molar-refractivity contribution in [2.45, 2.75) is 46.1 Å². The van der Waals surface area contributed by atoms with Gasteiger partial charge >= 0.3 is 0 Å². The highest BCUT2D eigenvalue weighted by Gasteiger charge is 2.12. The summed E-state index contributed by atoms with van der Waals surface area (Å²) in [6, 6.07) is 4.43. The lowest BCUT2D eigenvalue weighted by Gasteiger charge is -2.15. The Balaban J connectivity index is 2.42. The summed E-state index contributed by atoms with van der Waals surface area (Å²) < 4.78 is 13.1. The van der Waals surface area contributed by atoms with Crippen molar-refractivity contribution in [3.63, 3.8) is 0 Å². The first kappa shape index (κ1) is 15.5. The first-order chi connectivity index (χ1) is 9.04. The molecule has 0 fully saturated rings. The smallest absolute Gasteiger partial charge is 0.242 e. The molecule has 0 aliphatic rings. The molecule has 0 saturated carbocycles. The predicted molar refractivity (Wildman–Crippen MR) is 76.8 cm³/mol. The van der Waals surface area contributed by atoms with Gasteiger partial charge in [-0.2, -0.15) is 0 Å². The first-order valence-electron chi connectivity index (χ1n) is 6.85. The van der Waals surface area contributed by atoms with E-state index < -0.39 is 0 Å². The number of aryl methyl sites for hydroxylation is 1. The van der Waals surface area contributed by atoms with E-state index in [1.807, 2.05) is 0 Å². The largest absolute Gasteiger partial charge is 0.374 e. The molecule has 0 heterocycles. The van der Waals surface area contributed by atoms with Crippen molar-refractivity contribution in [3.05, 3.63) is 29.6 Å². The fourth-order valence-corrected chi connectivity index (χ4v) is 1.79. The zero-order valence-electron chi connectivity index (χ0n) is 11.9. The molecule has 3 nitrogen and oxygen atoms in total. The van der Waals surface area contributed by atoms with Crippen LogP contribution in [0.1, 0.15) is 38.7 Å². The summed E-state index contributed by atoms with van der Waals surface area (Å²) in [5, 5.41) is 5.96. The van der Waals surface area contributed by atoms with E-state index in [-0.39, 0.29) is 17.8 Å². The zero-order valence-corrected chi connectivity index (χ0v) is 11.9. The van der Waals surface area contributed by atoms with Crippen LogP contribution < -0.4 is 10.6 Å². The molecular weight excluding hydrogens is 243 g/mol. The molecule has 1 rings (SSSR count). The number of unbranched alkanes of at least 4 members (excludes halogenated alkanes) is 2. The van der Waals surface area contributed by atoms with Gasteiger partial charge in [0.05, 0.1) is 0 Å². The Morgan fingerprint density at radius 3 is 2.74 bits per heavy atom. The van der Waals surface area contributed by atoms with E-state index in [0.717, 1.165) is 24.9 Å². The number of nitrogens with one attached hydrogen (secondary N) is 2. The van der Waals surface area contributed by atoms with Gasteiger partial charge in [0, 0.05) is 12.2 Å². The van der Waals surface area contributed by atoms with Crippen LogP contribution in [0.5, 0.6) is 0 Å². The molecule has 0 spiro atoms. The SMILES string of the molecule is CCCCCNC(=O)C(C)Nc1ccc(F)c(C)c1. The molecule has 0 aliphatic carbocycles. The molecule has 106 valence electrons. The summed E-state index contributed by atoms with van der Waals surface area (Å²) in [5.41, 5.74) is 1.33. The highest BCUT2D eigenvalue weighted by atomic mass is 19.1. The number of rotatable bonds is 7. The van der Waals surface area contributed by atoms with E-state index >= 15 is 0 Å². The van der Waals surface area contributed by atoms with Crippen LogP contribution in [-0.4, -0.2) is 18.5 Å². The lowest BCUT2D eigenvalue weighted by molar-refractivity contribution is -0.121. The van der Waals surface area contributed by atoms with Gasteiger partial charge in [-0.15, -0.1) is 0 Å². The van der Waals surface area contributed by atoms with E-state index in [0.29, 0.717) is 12.1 Å². The molecule has 0 aliphatic heterocycles. The van der Waals surface area contributed by atoms with Crippen LogP contribution in [0.25, 0.3) is 0 Å². The summed E-state index contributed by atoms with van der Waals surface area (Å²) in [4.78, 5) is 11.8. The number of halogens is 1. The molecule has 0 bridgehead atoms. The van der Waals surface area contributed by atoms with Crippen LogP contribution in [0.15, 0.2) is 18.2 Å². The number of hydrogen-bond donors (Lipinski definition) is 2. The van der Waals surface area contributed by atoms with Gasteiger partial charge in [-0.3, -0.25) is 4.79 Å².